The Balaban J connectivity index is 2.19. The van der Waals surface area contributed by atoms with Crippen molar-refractivity contribution in [2.75, 3.05) is 18.5 Å². The lowest BCUT2D eigenvalue weighted by atomic mass is 10.1. The first kappa shape index (κ1) is 18.3. The summed E-state index contributed by atoms with van der Waals surface area (Å²) >= 11 is 3.40. The molecule has 5 heteroatoms. The highest BCUT2D eigenvalue weighted by molar-refractivity contribution is 9.10. The molecule has 0 aromatic heterocycles. The van der Waals surface area contributed by atoms with Crippen molar-refractivity contribution >= 4 is 27.5 Å². The molecule has 0 saturated heterocycles. The summed E-state index contributed by atoms with van der Waals surface area (Å²) in [6.45, 7) is 5.13. The van der Waals surface area contributed by atoms with Gasteiger partial charge in [-0.25, -0.2) is 0 Å². The SMILES string of the molecule is CCCCOc1ccccc1NC(=O)c1cc(Br)ccc1OCC. The number of amides is 1. The highest BCUT2D eigenvalue weighted by Gasteiger charge is 2.15. The van der Waals surface area contributed by atoms with Crippen LogP contribution in [-0.2, 0) is 0 Å². The molecule has 0 unspecified atom stereocenters. The van der Waals surface area contributed by atoms with Gasteiger partial charge >= 0.3 is 0 Å². The molecule has 1 N–H and O–H groups in total. The maximum Gasteiger partial charge on any atom is 0.259 e. The van der Waals surface area contributed by atoms with Gasteiger partial charge in [-0.05, 0) is 43.7 Å². The molecule has 0 atom stereocenters. The van der Waals surface area contributed by atoms with E-state index in [0.717, 1.165) is 17.3 Å². The van der Waals surface area contributed by atoms with E-state index in [-0.39, 0.29) is 5.91 Å². The van der Waals surface area contributed by atoms with E-state index in [4.69, 9.17) is 9.47 Å². The molecule has 4 nitrogen and oxygen atoms in total. The number of hydrogen-bond donors (Lipinski definition) is 1. The third kappa shape index (κ3) is 4.99. The average molecular weight is 392 g/mol. The number of rotatable bonds is 8. The molecule has 0 aliphatic heterocycles. The number of benzene rings is 2. The molecular weight excluding hydrogens is 370 g/mol. The highest BCUT2D eigenvalue weighted by atomic mass is 79.9. The largest absolute Gasteiger partial charge is 0.493 e. The molecule has 2 aromatic rings. The maximum atomic E-state index is 12.7. The van der Waals surface area contributed by atoms with Gasteiger partial charge in [-0.1, -0.05) is 41.4 Å². The number of anilines is 1. The first-order valence-electron chi connectivity index (χ1n) is 8.11. The third-order valence-corrected chi connectivity index (χ3v) is 3.87. The Kier molecular flexibility index (Phi) is 7.12. The van der Waals surface area contributed by atoms with Crippen molar-refractivity contribution in [2.24, 2.45) is 0 Å². The summed E-state index contributed by atoms with van der Waals surface area (Å²) in [5.74, 6) is 1.00. The molecule has 2 aromatic carbocycles. The fraction of sp³-hybridized carbons (Fsp3) is 0.316. The predicted octanol–water partition coefficient (Wildman–Crippen LogP) is 5.28. The van der Waals surface area contributed by atoms with Crippen molar-refractivity contribution in [3.63, 3.8) is 0 Å². The zero-order valence-electron chi connectivity index (χ0n) is 14.0. The van der Waals surface area contributed by atoms with Gasteiger partial charge in [-0.15, -0.1) is 0 Å². The van der Waals surface area contributed by atoms with Gasteiger partial charge in [0.15, 0.2) is 0 Å². The van der Waals surface area contributed by atoms with E-state index in [1.807, 2.05) is 37.3 Å². The fourth-order valence-electron chi connectivity index (χ4n) is 2.17. The van der Waals surface area contributed by atoms with Crippen molar-refractivity contribution in [3.05, 3.63) is 52.5 Å². The van der Waals surface area contributed by atoms with Crippen LogP contribution in [-0.4, -0.2) is 19.1 Å². The van der Waals surface area contributed by atoms with Gasteiger partial charge in [-0.2, -0.15) is 0 Å². The number of unbranched alkanes of at least 4 members (excludes halogenated alkanes) is 1. The van der Waals surface area contributed by atoms with Gasteiger partial charge in [0.25, 0.3) is 5.91 Å². The van der Waals surface area contributed by atoms with Gasteiger partial charge in [0.1, 0.15) is 11.5 Å². The Morgan fingerprint density at radius 1 is 1.08 bits per heavy atom. The average Bonchev–Trinajstić information content (AvgIpc) is 2.58. The van der Waals surface area contributed by atoms with Crippen LogP contribution >= 0.6 is 15.9 Å². The van der Waals surface area contributed by atoms with E-state index in [2.05, 4.69) is 28.2 Å². The second-order valence-electron chi connectivity index (χ2n) is 5.23. The predicted molar refractivity (Wildman–Crippen MR) is 100 cm³/mol. The Labute approximate surface area is 151 Å². The molecule has 128 valence electrons. The molecule has 0 spiro atoms. The first-order chi connectivity index (χ1) is 11.7. The van der Waals surface area contributed by atoms with Crippen molar-refractivity contribution in [1.82, 2.24) is 0 Å². The maximum absolute atomic E-state index is 12.7. The molecule has 0 fully saturated rings. The molecule has 2 rings (SSSR count). The summed E-state index contributed by atoms with van der Waals surface area (Å²) in [6.07, 6.45) is 2.03. The van der Waals surface area contributed by atoms with E-state index in [1.165, 1.54) is 0 Å². The van der Waals surface area contributed by atoms with Crippen LogP contribution in [0.1, 0.15) is 37.0 Å². The fourth-order valence-corrected chi connectivity index (χ4v) is 2.53. The molecule has 0 saturated carbocycles. The molecule has 0 radical (unpaired) electrons. The zero-order valence-corrected chi connectivity index (χ0v) is 15.6. The lowest BCUT2D eigenvalue weighted by Gasteiger charge is -2.14. The van der Waals surface area contributed by atoms with Crippen molar-refractivity contribution in [3.8, 4) is 11.5 Å². The molecule has 0 aliphatic carbocycles. The van der Waals surface area contributed by atoms with Crippen LogP contribution in [0.5, 0.6) is 11.5 Å². The van der Waals surface area contributed by atoms with Gasteiger partial charge in [0, 0.05) is 4.47 Å². The molecular formula is C19H22BrNO3. The Morgan fingerprint density at radius 2 is 1.88 bits per heavy atom. The monoisotopic (exact) mass is 391 g/mol. The van der Waals surface area contributed by atoms with Crippen LogP contribution in [0.4, 0.5) is 5.69 Å². The minimum atomic E-state index is -0.230. The van der Waals surface area contributed by atoms with E-state index in [1.54, 1.807) is 12.1 Å². The van der Waals surface area contributed by atoms with E-state index in [0.29, 0.717) is 36.0 Å². The second-order valence-corrected chi connectivity index (χ2v) is 6.14. The Morgan fingerprint density at radius 3 is 2.62 bits per heavy atom. The van der Waals surface area contributed by atoms with Gasteiger partial charge in [0.05, 0.1) is 24.5 Å². The topological polar surface area (TPSA) is 47.6 Å². The lowest BCUT2D eigenvalue weighted by molar-refractivity contribution is 0.102. The number of carbonyl (C=O) groups excluding carboxylic acids is 1. The minimum Gasteiger partial charge on any atom is -0.493 e. The summed E-state index contributed by atoms with van der Waals surface area (Å²) in [4.78, 5) is 12.7. The molecule has 1 amide bonds. The Bertz CT molecular complexity index is 688. The summed E-state index contributed by atoms with van der Waals surface area (Å²) in [5.41, 5.74) is 1.13. The molecule has 0 heterocycles. The van der Waals surface area contributed by atoms with Crippen LogP contribution in [0.15, 0.2) is 46.9 Å². The molecule has 24 heavy (non-hydrogen) atoms. The summed E-state index contributed by atoms with van der Waals surface area (Å²) in [6, 6.07) is 12.8. The number of para-hydroxylation sites is 2. The van der Waals surface area contributed by atoms with Gasteiger partial charge in [-0.3, -0.25) is 4.79 Å². The smallest absolute Gasteiger partial charge is 0.259 e. The van der Waals surface area contributed by atoms with E-state index >= 15 is 0 Å². The van der Waals surface area contributed by atoms with Crippen LogP contribution in [0.25, 0.3) is 0 Å². The summed E-state index contributed by atoms with van der Waals surface area (Å²) < 4.78 is 12.1. The zero-order chi connectivity index (χ0) is 17.4. The van der Waals surface area contributed by atoms with E-state index < -0.39 is 0 Å². The van der Waals surface area contributed by atoms with E-state index in [9.17, 15) is 4.79 Å². The van der Waals surface area contributed by atoms with Crippen molar-refractivity contribution in [2.45, 2.75) is 26.7 Å². The lowest BCUT2D eigenvalue weighted by Crippen LogP contribution is -2.14. The second kappa shape index (κ2) is 9.33. The standard InChI is InChI=1S/C19H22BrNO3/c1-3-5-12-24-18-9-7-6-8-16(18)21-19(22)15-13-14(20)10-11-17(15)23-4-2/h6-11,13H,3-5,12H2,1-2H3,(H,21,22). The number of carbonyl (C=O) groups is 1. The number of halogens is 1. The van der Waals surface area contributed by atoms with Crippen LogP contribution < -0.4 is 14.8 Å². The normalized spacial score (nSPS) is 10.3. The van der Waals surface area contributed by atoms with Gasteiger partial charge < -0.3 is 14.8 Å². The van der Waals surface area contributed by atoms with Crippen molar-refractivity contribution in [1.29, 1.82) is 0 Å². The first-order valence-corrected chi connectivity index (χ1v) is 8.90. The quantitative estimate of drug-likeness (QED) is 0.622. The number of ether oxygens (including phenoxy) is 2. The third-order valence-electron chi connectivity index (χ3n) is 3.38. The summed E-state index contributed by atoms with van der Waals surface area (Å²) in [7, 11) is 0. The minimum absolute atomic E-state index is 0.230. The Hall–Kier alpha value is -2.01. The van der Waals surface area contributed by atoms with Crippen LogP contribution in [0, 0.1) is 0 Å². The molecule has 0 aliphatic rings. The van der Waals surface area contributed by atoms with Crippen molar-refractivity contribution < 1.29 is 14.3 Å². The highest BCUT2D eigenvalue weighted by Crippen LogP contribution is 2.28. The number of nitrogens with one attached hydrogen (secondary N) is 1. The molecule has 0 bridgehead atoms. The van der Waals surface area contributed by atoms with Crippen LogP contribution in [0.3, 0.4) is 0 Å². The summed E-state index contributed by atoms with van der Waals surface area (Å²) in [5, 5.41) is 2.91. The van der Waals surface area contributed by atoms with Crippen LogP contribution in [0.2, 0.25) is 0 Å². The van der Waals surface area contributed by atoms with Gasteiger partial charge in [0.2, 0.25) is 0 Å². The number of hydrogen-bond acceptors (Lipinski definition) is 3.